The van der Waals surface area contributed by atoms with Crippen molar-refractivity contribution in [3.05, 3.63) is 29.3 Å². The number of terminal acetylenes is 1. The number of methoxy groups -OCH3 is 1. The monoisotopic (exact) mass is 279 g/mol. The first-order valence-electron chi connectivity index (χ1n) is 5.82. The number of amides is 1. The van der Waals surface area contributed by atoms with Crippen molar-refractivity contribution in [1.29, 1.82) is 0 Å². The van der Waals surface area contributed by atoms with Crippen molar-refractivity contribution in [3.8, 4) is 12.3 Å². The summed E-state index contributed by atoms with van der Waals surface area (Å²) in [5, 5.41) is 0. The molecule has 2 rings (SSSR count). The van der Waals surface area contributed by atoms with E-state index in [0.29, 0.717) is 0 Å². The highest BCUT2D eigenvalue weighted by atomic mass is 19.1. The molecule has 1 aliphatic heterocycles. The normalized spacial score (nSPS) is 18.0. The number of halogens is 2. The highest BCUT2D eigenvalue weighted by Gasteiger charge is 2.35. The van der Waals surface area contributed by atoms with Gasteiger partial charge in [-0.05, 0) is 12.1 Å². The zero-order valence-electron chi connectivity index (χ0n) is 10.7. The van der Waals surface area contributed by atoms with Crippen molar-refractivity contribution in [2.45, 2.75) is 6.42 Å². The molecular formula is C14H11F2NO3. The first-order valence-corrected chi connectivity index (χ1v) is 5.82. The molecule has 1 aromatic carbocycles. The number of ether oxygens (including phenoxy) is 1. The van der Waals surface area contributed by atoms with E-state index in [-0.39, 0.29) is 13.0 Å². The Balaban J connectivity index is 2.57. The average Bonchev–Trinajstić information content (AvgIpc) is 2.81. The third-order valence-electron chi connectivity index (χ3n) is 3.10. The van der Waals surface area contributed by atoms with Gasteiger partial charge in [-0.25, -0.2) is 13.6 Å². The molecule has 0 aliphatic carbocycles. The maximum Gasteiger partial charge on any atom is 0.343 e. The van der Waals surface area contributed by atoms with Gasteiger partial charge in [-0.1, -0.05) is 0 Å². The lowest BCUT2D eigenvalue weighted by atomic mass is 10.1. The molecule has 1 amide bonds. The molecule has 104 valence electrons. The van der Waals surface area contributed by atoms with Crippen LogP contribution in [0.15, 0.2) is 12.1 Å². The minimum Gasteiger partial charge on any atom is -0.465 e. The predicted molar refractivity (Wildman–Crippen MR) is 67.0 cm³/mol. The molecule has 1 atom stereocenters. The van der Waals surface area contributed by atoms with Gasteiger partial charge in [-0.15, -0.1) is 12.3 Å². The summed E-state index contributed by atoms with van der Waals surface area (Å²) in [5.41, 5.74) is -1.02. The first kappa shape index (κ1) is 14.0. The topological polar surface area (TPSA) is 46.6 Å². The Bertz CT molecular complexity index is 622. The Hall–Kier alpha value is -2.42. The Morgan fingerprint density at radius 1 is 1.45 bits per heavy atom. The number of carbonyl (C=O) groups is 2. The van der Waals surface area contributed by atoms with Crippen LogP contribution in [0, 0.1) is 29.9 Å². The molecule has 1 heterocycles. The third-order valence-corrected chi connectivity index (χ3v) is 3.10. The average molecular weight is 279 g/mol. The fourth-order valence-electron chi connectivity index (χ4n) is 2.14. The molecule has 0 saturated carbocycles. The molecule has 0 N–H and O–H groups in total. The van der Waals surface area contributed by atoms with E-state index < -0.39 is 40.7 Å². The molecular weight excluding hydrogens is 268 g/mol. The van der Waals surface area contributed by atoms with E-state index >= 15 is 0 Å². The smallest absolute Gasteiger partial charge is 0.343 e. The molecule has 0 spiro atoms. The molecule has 1 saturated heterocycles. The SMILES string of the molecule is C#CC1CC(=O)N(c2c(F)ccc(F)c2C(=O)OC)C1. The summed E-state index contributed by atoms with van der Waals surface area (Å²) in [6.07, 6.45) is 5.27. The van der Waals surface area contributed by atoms with Crippen molar-refractivity contribution >= 4 is 17.6 Å². The van der Waals surface area contributed by atoms with Crippen LogP contribution in [0.5, 0.6) is 0 Å². The quantitative estimate of drug-likeness (QED) is 0.612. The van der Waals surface area contributed by atoms with Crippen LogP contribution in [-0.4, -0.2) is 25.5 Å². The van der Waals surface area contributed by atoms with Gasteiger partial charge in [0.15, 0.2) is 0 Å². The summed E-state index contributed by atoms with van der Waals surface area (Å²) in [6.45, 7) is 0.0414. The second-order valence-electron chi connectivity index (χ2n) is 4.32. The van der Waals surface area contributed by atoms with Crippen LogP contribution in [0.4, 0.5) is 14.5 Å². The summed E-state index contributed by atoms with van der Waals surface area (Å²) in [6, 6.07) is 1.66. The van der Waals surface area contributed by atoms with Crippen LogP contribution >= 0.6 is 0 Å². The second kappa shape index (κ2) is 5.29. The predicted octanol–water partition coefficient (Wildman–Crippen LogP) is 1.74. The Labute approximate surface area is 114 Å². The van der Waals surface area contributed by atoms with Crippen molar-refractivity contribution in [2.75, 3.05) is 18.6 Å². The van der Waals surface area contributed by atoms with Gasteiger partial charge in [0.1, 0.15) is 17.2 Å². The number of anilines is 1. The molecule has 1 aromatic rings. The van der Waals surface area contributed by atoms with E-state index in [9.17, 15) is 18.4 Å². The van der Waals surface area contributed by atoms with Crippen LogP contribution < -0.4 is 4.90 Å². The van der Waals surface area contributed by atoms with Gasteiger partial charge < -0.3 is 9.64 Å². The number of nitrogens with zero attached hydrogens (tertiary/aromatic N) is 1. The van der Waals surface area contributed by atoms with Gasteiger partial charge in [-0.2, -0.15) is 0 Å². The second-order valence-corrected chi connectivity index (χ2v) is 4.32. The number of carbonyl (C=O) groups excluding carboxylic acids is 2. The summed E-state index contributed by atoms with van der Waals surface area (Å²) < 4.78 is 32.2. The Morgan fingerprint density at radius 2 is 2.10 bits per heavy atom. The van der Waals surface area contributed by atoms with E-state index in [1.54, 1.807) is 0 Å². The van der Waals surface area contributed by atoms with Crippen molar-refractivity contribution in [1.82, 2.24) is 0 Å². The zero-order chi connectivity index (χ0) is 14.9. The maximum atomic E-state index is 14.0. The largest absolute Gasteiger partial charge is 0.465 e. The highest BCUT2D eigenvalue weighted by molar-refractivity contribution is 6.04. The lowest BCUT2D eigenvalue weighted by Crippen LogP contribution is -2.28. The van der Waals surface area contributed by atoms with Gasteiger partial charge in [0.25, 0.3) is 0 Å². The summed E-state index contributed by atoms with van der Waals surface area (Å²) in [7, 11) is 1.05. The van der Waals surface area contributed by atoms with Gasteiger partial charge in [-0.3, -0.25) is 4.79 Å². The van der Waals surface area contributed by atoms with Gasteiger partial charge in [0.2, 0.25) is 5.91 Å². The number of hydrogen-bond donors (Lipinski definition) is 0. The zero-order valence-corrected chi connectivity index (χ0v) is 10.7. The van der Waals surface area contributed by atoms with Gasteiger partial charge in [0.05, 0.1) is 12.8 Å². The first-order chi connectivity index (χ1) is 9.49. The maximum absolute atomic E-state index is 14.0. The molecule has 0 radical (unpaired) electrons. The van der Waals surface area contributed by atoms with Crippen molar-refractivity contribution < 1.29 is 23.1 Å². The lowest BCUT2D eigenvalue weighted by molar-refractivity contribution is -0.117. The number of hydrogen-bond acceptors (Lipinski definition) is 3. The summed E-state index contributed by atoms with van der Waals surface area (Å²) in [5.74, 6) is -1.33. The number of rotatable bonds is 2. The Morgan fingerprint density at radius 3 is 2.65 bits per heavy atom. The molecule has 1 unspecified atom stereocenters. The van der Waals surface area contributed by atoms with Crippen LogP contribution in [0.3, 0.4) is 0 Å². The summed E-state index contributed by atoms with van der Waals surface area (Å²) in [4.78, 5) is 24.5. The highest BCUT2D eigenvalue weighted by Crippen LogP contribution is 2.32. The summed E-state index contributed by atoms with van der Waals surface area (Å²) >= 11 is 0. The van der Waals surface area contributed by atoms with E-state index in [1.165, 1.54) is 0 Å². The van der Waals surface area contributed by atoms with E-state index in [4.69, 9.17) is 6.42 Å². The fraction of sp³-hybridized carbons (Fsp3) is 0.286. The lowest BCUT2D eigenvalue weighted by Gasteiger charge is -2.20. The molecule has 20 heavy (non-hydrogen) atoms. The fourth-order valence-corrected chi connectivity index (χ4v) is 2.14. The van der Waals surface area contributed by atoms with E-state index in [0.717, 1.165) is 24.1 Å². The Kier molecular flexibility index (Phi) is 3.70. The van der Waals surface area contributed by atoms with Crippen LogP contribution in [0.25, 0.3) is 0 Å². The molecule has 0 bridgehead atoms. The minimum atomic E-state index is -1.05. The van der Waals surface area contributed by atoms with Crippen LogP contribution in [0.2, 0.25) is 0 Å². The molecule has 1 aliphatic rings. The molecule has 4 nitrogen and oxygen atoms in total. The van der Waals surface area contributed by atoms with Crippen LogP contribution in [0.1, 0.15) is 16.8 Å². The van der Waals surface area contributed by atoms with Crippen molar-refractivity contribution in [2.24, 2.45) is 5.92 Å². The van der Waals surface area contributed by atoms with E-state index in [2.05, 4.69) is 10.7 Å². The van der Waals surface area contributed by atoms with Crippen LogP contribution in [-0.2, 0) is 9.53 Å². The number of benzene rings is 1. The van der Waals surface area contributed by atoms with Gasteiger partial charge >= 0.3 is 5.97 Å². The molecule has 6 heteroatoms. The minimum absolute atomic E-state index is 0.0348. The molecule has 1 fully saturated rings. The van der Waals surface area contributed by atoms with Gasteiger partial charge in [0, 0.05) is 18.9 Å². The molecule has 0 aromatic heterocycles. The van der Waals surface area contributed by atoms with E-state index in [1.807, 2.05) is 0 Å². The van der Waals surface area contributed by atoms with Crippen molar-refractivity contribution in [3.63, 3.8) is 0 Å². The third kappa shape index (κ3) is 2.23. The standard InChI is InChI=1S/C14H11F2NO3/c1-3-8-6-11(18)17(7-8)13-10(16)5-4-9(15)12(13)14(19)20-2/h1,4-5,8H,6-7H2,2H3. The number of esters is 1.